The maximum absolute atomic E-state index is 13.1. The highest BCUT2D eigenvalue weighted by Crippen LogP contribution is 2.15. The van der Waals surface area contributed by atoms with Gasteiger partial charge < -0.3 is 5.32 Å². The fourth-order valence-corrected chi connectivity index (χ4v) is 1.89. The number of rotatable bonds is 3. The first-order valence-corrected chi connectivity index (χ1v) is 6.36. The molecule has 0 aliphatic rings. The molecule has 1 amide bonds. The molecule has 0 bridgehead atoms. The molecule has 0 aromatic heterocycles. The van der Waals surface area contributed by atoms with Crippen LogP contribution in [0.1, 0.15) is 21.5 Å². The van der Waals surface area contributed by atoms with Gasteiger partial charge in [-0.15, -0.1) is 11.6 Å². The number of nitrogens with one attached hydrogen (secondary N) is 1. The summed E-state index contributed by atoms with van der Waals surface area (Å²) in [5.41, 5.74) is 2.47. The number of amides is 1. The second kappa shape index (κ2) is 5.85. The van der Waals surface area contributed by atoms with Crippen LogP contribution in [0.15, 0.2) is 42.5 Å². The Bertz CT molecular complexity index is 613. The third-order valence-electron chi connectivity index (χ3n) is 2.76. The van der Waals surface area contributed by atoms with E-state index in [1.54, 1.807) is 19.1 Å². The average molecular weight is 278 g/mol. The van der Waals surface area contributed by atoms with Crippen LogP contribution in [0.2, 0.25) is 0 Å². The van der Waals surface area contributed by atoms with Crippen LogP contribution < -0.4 is 5.32 Å². The number of carbonyl (C=O) groups is 1. The number of hydrogen-bond acceptors (Lipinski definition) is 1. The minimum atomic E-state index is -0.319. The summed E-state index contributed by atoms with van der Waals surface area (Å²) in [5, 5.41) is 2.76. The molecule has 2 nitrogen and oxygen atoms in total. The van der Waals surface area contributed by atoms with Crippen LogP contribution in [0.25, 0.3) is 0 Å². The van der Waals surface area contributed by atoms with Crippen LogP contribution in [0.3, 0.4) is 0 Å². The Labute approximate surface area is 116 Å². The van der Waals surface area contributed by atoms with Crippen molar-refractivity contribution in [3.05, 3.63) is 65.0 Å². The van der Waals surface area contributed by atoms with Gasteiger partial charge in [-0.1, -0.05) is 12.1 Å². The Morgan fingerprint density at radius 2 is 2.05 bits per heavy atom. The van der Waals surface area contributed by atoms with Crippen molar-refractivity contribution in [2.45, 2.75) is 12.8 Å². The minimum Gasteiger partial charge on any atom is -0.322 e. The Balaban J connectivity index is 2.18. The van der Waals surface area contributed by atoms with E-state index in [4.69, 9.17) is 11.6 Å². The maximum Gasteiger partial charge on any atom is 0.255 e. The van der Waals surface area contributed by atoms with Gasteiger partial charge in [-0.25, -0.2) is 4.39 Å². The molecule has 0 radical (unpaired) electrons. The Kier molecular flexibility index (Phi) is 4.17. The zero-order chi connectivity index (χ0) is 13.8. The molecule has 0 aliphatic carbocycles. The molecule has 0 aliphatic heterocycles. The summed E-state index contributed by atoms with van der Waals surface area (Å²) in [6.07, 6.45) is 0. The lowest BCUT2D eigenvalue weighted by Gasteiger charge is -2.07. The van der Waals surface area contributed by atoms with E-state index in [1.165, 1.54) is 18.2 Å². The second-order valence-electron chi connectivity index (χ2n) is 4.25. The summed E-state index contributed by atoms with van der Waals surface area (Å²) < 4.78 is 13.1. The predicted molar refractivity (Wildman–Crippen MR) is 75.1 cm³/mol. The quantitative estimate of drug-likeness (QED) is 0.840. The Morgan fingerprint density at radius 1 is 1.26 bits per heavy atom. The highest BCUT2D eigenvalue weighted by molar-refractivity contribution is 6.17. The fourth-order valence-electron chi connectivity index (χ4n) is 1.72. The third kappa shape index (κ3) is 3.32. The zero-order valence-electron chi connectivity index (χ0n) is 10.4. The van der Waals surface area contributed by atoms with Crippen molar-refractivity contribution in [1.82, 2.24) is 0 Å². The summed E-state index contributed by atoms with van der Waals surface area (Å²) in [6.45, 7) is 1.63. The molecule has 2 aromatic rings. The summed E-state index contributed by atoms with van der Waals surface area (Å²) in [5.74, 6) is -0.199. The van der Waals surface area contributed by atoms with Crippen molar-refractivity contribution in [3.63, 3.8) is 0 Å². The number of aryl methyl sites for hydroxylation is 1. The monoisotopic (exact) mass is 277 g/mol. The largest absolute Gasteiger partial charge is 0.322 e. The molecule has 0 spiro atoms. The van der Waals surface area contributed by atoms with Crippen molar-refractivity contribution >= 4 is 23.2 Å². The molecule has 2 rings (SSSR count). The smallest absolute Gasteiger partial charge is 0.255 e. The molecule has 0 unspecified atom stereocenters. The molecule has 19 heavy (non-hydrogen) atoms. The molecular weight excluding hydrogens is 265 g/mol. The van der Waals surface area contributed by atoms with Crippen LogP contribution in [-0.2, 0) is 5.88 Å². The van der Waals surface area contributed by atoms with Crippen LogP contribution >= 0.6 is 11.6 Å². The normalized spacial score (nSPS) is 10.3. The number of anilines is 1. The minimum absolute atomic E-state index is 0.269. The Hall–Kier alpha value is -1.87. The number of alkyl halides is 1. The summed E-state index contributed by atoms with van der Waals surface area (Å²) in [7, 11) is 0. The average Bonchev–Trinajstić information content (AvgIpc) is 2.42. The van der Waals surface area contributed by atoms with Gasteiger partial charge in [-0.3, -0.25) is 4.79 Å². The third-order valence-corrected chi connectivity index (χ3v) is 3.07. The molecule has 98 valence electrons. The number of benzene rings is 2. The van der Waals surface area contributed by atoms with E-state index < -0.39 is 0 Å². The van der Waals surface area contributed by atoms with E-state index in [0.29, 0.717) is 22.7 Å². The first kappa shape index (κ1) is 13.6. The first-order valence-electron chi connectivity index (χ1n) is 5.82. The lowest BCUT2D eigenvalue weighted by atomic mass is 10.1. The SMILES string of the molecule is Cc1cc(C(=O)Nc2cccc(CCl)c2)ccc1F. The molecule has 0 saturated heterocycles. The molecule has 2 aromatic carbocycles. The number of carbonyl (C=O) groups excluding carboxylic acids is 1. The van der Waals surface area contributed by atoms with Gasteiger partial charge in [0, 0.05) is 17.1 Å². The standard InChI is InChI=1S/C15H13ClFNO/c1-10-7-12(5-6-14(10)17)15(19)18-13-4-2-3-11(8-13)9-16/h2-8H,9H2,1H3,(H,18,19). The van der Waals surface area contributed by atoms with Crippen LogP contribution in [0, 0.1) is 12.7 Å². The van der Waals surface area contributed by atoms with Crippen molar-refractivity contribution in [2.75, 3.05) is 5.32 Å². The number of halogens is 2. The molecule has 0 saturated carbocycles. The predicted octanol–water partition coefficient (Wildman–Crippen LogP) is 4.13. The van der Waals surface area contributed by atoms with Gasteiger partial charge in [-0.05, 0) is 48.4 Å². The molecule has 0 atom stereocenters. The Morgan fingerprint density at radius 3 is 2.74 bits per heavy atom. The van der Waals surface area contributed by atoms with Gasteiger partial charge in [0.15, 0.2) is 0 Å². The molecule has 4 heteroatoms. The van der Waals surface area contributed by atoms with Gasteiger partial charge in [-0.2, -0.15) is 0 Å². The zero-order valence-corrected chi connectivity index (χ0v) is 11.2. The number of hydrogen-bond donors (Lipinski definition) is 1. The van der Waals surface area contributed by atoms with Gasteiger partial charge in [0.1, 0.15) is 5.82 Å². The van der Waals surface area contributed by atoms with Gasteiger partial charge in [0.05, 0.1) is 0 Å². The topological polar surface area (TPSA) is 29.1 Å². The fraction of sp³-hybridized carbons (Fsp3) is 0.133. The van der Waals surface area contributed by atoms with Crippen molar-refractivity contribution < 1.29 is 9.18 Å². The van der Waals surface area contributed by atoms with Gasteiger partial charge in [0.2, 0.25) is 0 Å². The van der Waals surface area contributed by atoms with E-state index >= 15 is 0 Å². The molecule has 0 heterocycles. The highest BCUT2D eigenvalue weighted by atomic mass is 35.5. The highest BCUT2D eigenvalue weighted by Gasteiger charge is 2.08. The van der Waals surface area contributed by atoms with E-state index in [-0.39, 0.29) is 11.7 Å². The van der Waals surface area contributed by atoms with Crippen molar-refractivity contribution in [1.29, 1.82) is 0 Å². The van der Waals surface area contributed by atoms with E-state index in [1.807, 2.05) is 12.1 Å². The summed E-state index contributed by atoms with van der Waals surface area (Å²) in [6, 6.07) is 11.6. The summed E-state index contributed by atoms with van der Waals surface area (Å²) in [4.78, 5) is 12.0. The van der Waals surface area contributed by atoms with E-state index in [9.17, 15) is 9.18 Å². The van der Waals surface area contributed by atoms with Crippen LogP contribution in [-0.4, -0.2) is 5.91 Å². The molecule has 0 fully saturated rings. The first-order chi connectivity index (χ1) is 9.10. The van der Waals surface area contributed by atoms with Gasteiger partial charge in [0.25, 0.3) is 5.91 Å². The van der Waals surface area contributed by atoms with Crippen molar-refractivity contribution in [3.8, 4) is 0 Å². The van der Waals surface area contributed by atoms with Crippen LogP contribution in [0.4, 0.5) is 10.1 Å². The maximum atomic E-state index is 13.1. The van der Waals surface area contributed by atoms with Crippen molar-refractivity contribution in [2.24, 2.45) is 0 Å². The van der Waals surface area contributed by atoms with E-state index in [0.717, 1.165) is 5.56 Å². The lowest BCUT2D eigenvalue weighted by molar-refractivity contribution is 0.102. The molecular formula is C15H13ClFNO. The van der Waals surface area contributed by atoms with Crippen LogP contribution in [0.5, 0.6) is 0 Å². The van der Waals surface area contributed by atoms with E-state index in [2.05, 4.69) is 5.32 Å². The van der Waals surface area contributed by atoms with Gasteiger partial charge >= 0.3 is 0 Å². The summed E-state index contributed by atoms with van der Waals surface area (Å²) >= 11 is 5.74. The lowest BCUT2D eigenvalue weighted by Crippen LogP contribution is -2.12. The molecule has 1 N–H and O–H groups in total. The second-order valence-corrected chi connectivity index (χ2v) is 4.52.